The van der Waals surface area contributed by atoms with E-state index in [4.69, 9.17) is 11.6 Å². The van der Waals surface area contributed by atoms with Crippen LogP contribution < -0.4 is 10.6 Å². The molecule has 2 saturated heterocycles. The molecule has 0 saturated carbocycles. The second-order valence-corrected chi connectivity index (χ2v) is 5.58. The second-order valence-electron chi connectivity index (χ2n) is 5.14. The average Bonchev–Trinajstić information content (AvgIpc) is 2.47. The van der Waals surface area contributed by atoms with E-state index in [1.54, 1.807) is 17.0 Å². The van der Waals surface area contributed by atoms with Crippen molar-refractivity contribution in [3.05, 3.63) is 34.9 Å². The molecule has 0 aliphatic carbocycles. The smallest absolute Gasteiger partial charge is 0.246 e. The van der Waals surface area contributed by atoms with E-state index in [1.807, 2.05) is 12.1 Å². The minimum Gasteiger partial charge on any atom is -0.342 e. The van der Waals surface area contributed by atoms with Crippen molar-refractivity contribution in [2.75, 3.05) is 19.6 Å². The van der Waals surface area contributed by atoms with Crippen LogP contribution in [0.2, 0.25) is 5.02 Å². The van der Waals surface area contributed by atoms with Gasteiger partial charge in [0, 0.05) is 31.1 Å². The Hall–Kier alpha value is -1.59. The lowest BCUT2D eigenvalue weighted by Crippen LogP contribution is -2.69. The summed E-state index contributed by atoms with van der Waals surface area (Å²) in [5.74, 6) is -0.0678. The topological polar surface area (TPSA) is 61.4 Å². The quantitative estimate of drug-likeness (QED) is 0.818. The Morgan fingerprint density at radius 1 is 1.25 bits per heavy atom. The Bertz CT molecular complexity index is 532. The molecule has 20 heavy (non-hydrogen) atoms. The number of carbonyl (C=O) groups is 2. The standard InChI is InChI=1S/C14H16ClN3O2/c15-10-3-1-9(2-4-10)7-11-14(20)18-6-5-16-8-12(18)13(19)17-11/h1-4,11-12,16H,5-8H2,(H,17,19). The van der Waals surface area contributed by atoms with Gasteiger partial charge in [0.15, 0.2) is 0 Å². The molecule has 2 heterocycles. The highest BCUT2D eigenvalue weighted by atomic mass is 35.5. The van der Waals surface area contributed by atoms with Gasteiger partial charge in [0.2, 0.25) is 11.8 Å². The molecule has 2 amide bonds. The van der Waals surface area contributed by atoms with Crippen molar-refractivity contribution in [3.63, 3.8) is 0 Å². The Morgan fingerprint density at radius 2 is 2.00 bits per heavy atom. The fraction of sp³-hybridized carbons (Fsp3) is 0.429. The van der Waals surface area contributed by atoms with Crippen LogP contribution in [-0.2, 0) is 16.0 Å². The van der Waals surface area contributed by atoms with Crippen LogP contribution in [0.1, 0.15) is 5.56 Å². The number of halogens is 1. The summed E-state index contributed by atoms with van der Waals surface area (Å²) in [6, 6.07) is 6.51. The fourth-order valence-corrected chi connectivity index (χ4v) is 2.85. The van der Waals surface area contributed by atoms with E-state index >= 15 is 0 Å². The first-order valence-corrected chi connectivity index (χ1v) is 7.09. The van der Waals surface area contributed by atoms with Crippen molar-refractivity contribution in [1.29, 1.82) is 0 Å². The molecular formula is C14H16ClN3O2. The SMILES string of the molecule is O=C1NC(Cc2ccc(Cl)cc2)C(=O)N2CCNCC12. The van der Waals surface area contributed by atoms with Gasteiger partial charge in [-0.25, -0.2) is 0 Å². The highest BCUT2D eigenvalue weighted by Crippen LogP contribution is 2.16. The molecule has 0 radical (unpaired) electrons. The van der Waals surface area contributed by atoms with E-state index in [9.17, 15) is 9.59 Å². The van der Waals surface area contributed by atoms with Gasteiger partial charge < -0.3 is 15.5 Å². The molecule has 3 rings (SSSR count). The summed E-state index contributed by atoms with van der Waals surface area (Å²) in [5, 5.41) is 6.62. The number of hydrogen-bond donors (Lipinski definition) is 2. The number of nitrogens with zero attached hydrogens (tertiary/aromatic N) is 1. The molecular weight excluding hydrogens is 278 g/mol. The van der Waals surface area contributed by atoms with E-state index in [1.165, 1.54) is 0 Å². The van der Waals surface area contributed by atoms with Crippen LogP contribution in [-0.4, -0.2) is 48.4 Å². The van der Waals surface area contributed by atoms with Gasteiger partial charge in [-0.2, -0.15) is 0 Å². The van der Waals surface area contributed by atoms with Crippen molar-refractivity contribution >= 4 is 23.4 Å². The first kappa shape index (κ1) is 13.4. The predicted molar refractivity (Wildman–Crippen MR) is 75.5 cm³/mol. The van der Waals surface area contributed by atoms with Crippen molar-refractivity contribution < 1.29 is 9.59 Å². The van der Waals surface area contributed by atoms with E-state index in [0.717, 1.165) is 12.1 Å². The maximum Gasteiger partial charge on any atom is 0.246 e. The second kappa shape index (κ2) is 5.42. The minimum atomic E-state index is -0.474. The summed E-state index contributed by atoms with van der Waals surface area (Å²) in [5.41, 5.74) is 0.988. The molecule has 2 aliphatic heterocycles. The van der Waals surface area contributed by atoms with Crippen LogP contribution in [0.25, 0.3) is 0 Å². The number of rotatable bonds is 2. The molecule has 2 fully saturated rings. The van der Waals surface area contributed by atoms with Crippen molar-refractivity contribution in [3.8, 4) is 0 Å². The number of benzene rings is 1. The molecule has 106 valence electrons. The van der Waals surface area contributed by atoms with Gasteiger partial charge in [0.05, 0.1) is 0 Å². The van der Waals surface area contributed by atoms with Gasteiger partial charge in [0.25, 0.3) is 0 Å². The number of amides is 2. The number of piperazine rings is 2. The molecule has 0 aromatic heterocycles. The normalized spacial score (nSPS) is 26.1. The first-order chi connectivity index (χ1) is 9.65. The molecule has 2 N–H and O–H groups in total. The van der Waals surface area contributed by atoms with E-state index in [2.05, 4.69) is 10.6 Å². The molecule has 1 aromatic carbocycles. The van der Waals surface area contributed by atoms with E-state index in [-0.39, 0.29) is 17.9 Å². The van der Waals surface area contributed by atoms with Gasteiger partial charge in [-0.1, -0.05) is 23.7 Å². The van der Waals surface area contributed by atoms with Gasteiger partial charge in [-0.05, 0) is 17.7 Å². The largest absolute Gasteiger partial charge is 0.342 e. The summed E-state index contributed by atoms with van der Waals surface area (Å²) < 4.78 is 0. The Kier molecular flexibility index (Phi) is 3.63. The summed E-state index contributed by atoms with van der Waals surface area (Å²) in [4.78, 5) is 26.2. The third-order valence-electron chi connectivity index (χ3n) is 3.80. The molecule has 6 heteroatoms. The van der Waals surface area contributed by atoms with Crippen LogP contribution in [0.15, 0.2) is 24.3 Å². The number of carbonyl (C=O) groups excluding carboxylic acids is 2. The van der Waals surface area contributed by atoms with Crippen molar-refractivity contribution in [1.82, 2.24) is 15.5 Å². The lowest BCUT2D eigenvalue weighted by molar-refractivity contribution is -0.150. The van der Waals surface area contributed by atoms with E-state index in [0.29, 0.717) is 24.5 Å². The van der Waals surface area contributed by atoms with Crippen LogP contribution in [0, 0.1) is 0 Å². The Morgan fingerprint density at radius 3 is 2.75 bits per heavy atom. The van der Waals surface area contributed by atoms with Crippen LogP contribution in [0.4, 0.5) is 0 Å². The summed E-state index contributed by atoms with van der Waals surface area (Å²) in [6.45, 7) is 1.86. The van der Waals surface area contributed by atoms with Gasteiger partial charge in [0.1, 0.15) is 12.1 Å². The molecule has 0 spiro atoms. The summed E-state index contributed by atoms with van der Waals surface area (Å²) >= 11 is 5.85. The van der Waals surface area contributed by atoms with Crippen molar-refractivity contribution in [2.45, 2.75) is 18.5 Å². The Labute approximate surface area is 122 Å². The lowest BCUT2D eigenvalue weighted by atomic mass is 9.99. The molecule has 2 aliphatic rings. The monoisotopic (exact) mass is 293 g/mol. The third kappa shape index (κ3) is 2.51. The van der Waals surface area contributed by atoms with Crippen LogP contribution in [0.3, 0.4) is 0 Å². The molecule has 0 bridgehead atoms. The average molecular weight is 294 g/mol. The zero-order valence-electron chi connectivity index (χ0n) is 10.9. The maximum absolute atomic E-state index is 12.4. The molecule has 1 aromatic rings. The summed E-state index contributed by atoms with van der Waals surface area (Å²) in [6.07, 6.45) is 0.498. The summed E-state index contributed by atoms with van der Waals surface area (Å²) in [7, 11) is 0. The molecule has 5 nitrogen and oxygen atoms in total. The lowest BCUT2D eigenvalue weighted by Gasteiger charge is -2.41. The van der Waals surface area contributed by atoms with Crippen LogP contribution in [0.5, 0.6) is 0 Å². The zero-order chi connectivity index (χ0) is 14.1. The van der Waals surface area contributed by atoms with Crippen molar-refractivity contribution in [2.24, 2.45) is 0 Å². The van der Waals surface area contributed by atoms with Gasteiger partial charge in [-0.3, -0.25) is 9.59 Å². The zero-order valence-corrected chi connectivity index (χ0v) is 11.7. The fourth-order valence-electron chi connectivity index (χ4n) is 2.73. The van der Waals surface area contributed by atoms with E-state index < -0.39 is 6.04 Å². The predicted octanol–water partition coefficient (Wildman–Crippen LogP) is 0.181. The number of fused-ring (bicyclic) bond motifs is 1. The van der Waals surface area contributed by atoms with Gasteiger partial charge in [-0.15, -0.1) is 0 Å². The highest BCUT2D eigenvalue weighted by Gasteiger charge is 2.41. The van der Waals surface area contributed by atoms with Gasteiger partial charge >= 0.3 is 0 Å². The number of hydrogen-bond acceptors (Lipinski definition) is 3. The molecule has 2 atom stereocenters. The first-order valence-electron chi connectivity index (χ1n) is 6.71. The minimum absolute atomic E-state index is 0.00560. The third-order valence-corrected chi connectivity index (χ3v) is 4.05. The maximum atomic E-state index is 12.4. The Balaban J connectivity index is 1.75. The molecule has 2 unspecified atom stereocenters. The van der Waals surface area contributed by atoms with Crippen LogP contribution >= 0.6 is 11.6 Å². The highest BCUT2D eigenvalue weighted by molar-refractivity contribution is 6.30. The number of nitrogens with one attached hydrogen (secondary N) is 2.